The molecule has 146 valence electrons. The molecule has 0 saturated carbocycles. The predicted octanol–water partition coefficient (Wildman–Crippen LogP) is 1.34. The van der Waals surface area contributed by atoms with Crippen LogP contribution in [0.2, 0.25) is 0 Å². The molecule has 2 amide bonds. The van der Waals surface area contributed by atoms with Crippen molar-refractivity contribution in [3.05, 3.63) is 35.9 Å². The van der Waals surface area contributed by atoms with Crippen LogP contribution in [-0.4, -0.2) is 74.2 Å². The predicted molar refractivity (Wildman–Crippen MR) is 100 cm³/mol. The Morgan fingerprint density at radius 1 is 0.963 bits per heavy atom. The first kappa shape index (κ1) is 18.4. The van der Waals surface area contributed by atoms with Crippen molar-refractivity contribution in [2.75, 3.05) is 52.6 Å². The quantitative estimate of drug-likeness (QED) is 0.804. The molecule has 1 aromatic carbocycles. The minimum Gasteiger partial charge on any atom is -0.381 e. The van der Waals surface area contributed by atoms with E-state index in [2.05, 4.69) is 0 Å². The van der Waals surface area contributed by atoms with Gasteiger partial charge < -0.3 is 19.3 Å². The minimum atomic E-state index is -0.139. The third-order valence-electron chi connectivity index (χ3n) is 6.31. The van der Waals surface area contributed by atoms with E-state index >= 15 is 0 Å². The first-order valence-corrected chi connectivity index (χ1v) is 9.94. The van der Waals surface area contributed by atoms with Crippen LogP contribution < -0.4 is 0 Å². The summed E-state index contributed by atoms with van der Waals surface area (Å²) in [6.07, 6.45) is 2.09. The van der Waals surface area contributed by atoms with Gasteiger partial charge in [-0.25, -0.2) is 0 Å². The van der Waals surface area contributed by atoms with Crippen LogP contribution in [-0.2, 0) is 25.5 Å². The minimum absolute atomic E-state index is 0.115. The van der Waals surface area contributed by atoms with Gasteiger partial charge in [0.25, 0.3) is 0 Å². The summed E-state index contributed by atoms with van der Waals surface area (Å²) in [5.41, 5.74) is 0.881. The topological polar surface area (TPSA) is 59.1 Å². The number of hydrogen-bond acceptors (Lipinski definition) is 4. The Balaban J connectivity index is 1.50. The van der Waals surface area contributed by atoms with Crippen molar-refractivity contribution in [2.45, 2.75) is 19.3 Å². The second-order valence-corrected chi connectivity index (χ2v) is 7.90. The van der Waals surface area contributed by atoms with Crippen LogP contribution in [0.1, 0.15) is 18.4 Å². The molecule has 1 atom stereocenters. The third kappa shape index (κ3) is 3.87. The molecule has 1 aromatic rings. The van der Waals surface area contributed by atoms with E-state index in [1.807, 2.05) is 40.1 Å². The fraction of sp³-hybridized carbons (Fsp3) is 0.619. The number of rotatable bonds is 3. The van der Waals surface area contributed by atoms with E-state index in [0.717, 1.165) is 18.4 Å². The lowest BCUT2D eigenvalue weighted by Crippen LogP contribution is -2.49. The molecule has 3 aliphatic heterocycles. The molecule has 0 N–H and O–H groups in total. The zero-order chi connectivity index (χ0) is 18.7. The summed E-state index contributed by atoms with van der Waals surface area (Å²) < 4.78 is 11.0. The maximum absolute atomic E-state index is 13.3. The average Bonchev–Trinajstić information content (AvgIpc) is 3.08. The lowest BCUT2D eigenvalue weighted by molar-refractivity contribution is -0.144. The van der Waals surface area contributed by atoms with Crippen LogP contribution in [0.5, 0.6) is 0 Å². The molecule has 0 unspecified atom stereocenters. The van der Waals surface area contributed by atoms with E-state index in [1.54, 1.807) is 0 Å². The highest BCUT2D eigenvalue weighted by atomic mass is 16.5. The summed E-state index contributed by atoms with van der Waals surface area (Å²) in [5, 5.41) is 0. The largest absolute Gasteiger partial charge is 0.381 e. The molecular weight excluding hydrogens is 344 g/mol. The van der Waals surface area contributed by atoms with Crippen LogP contribution in [0, 0.1) is 11.3 Å². The van der Waals surface area contributed by atoms with Crippen LogP contribution in [0.4, 0.5) is 0 Å². The first-order chi connectivity index (χ1) is 13.2. The number of nitrogens with zero attached hydrogens (tertiary/aromatic N) is 2. The maximum atomic E-state index is 13.3. The lowest BCUT2D eigenvalue weighted by atomic mass is 9.71. The molecule has 0 radical (unpaired) electrons. The van der Waals surface area contributed by atoms with Crippen molar-refractivity contribution in [3.8, 4) is 0 Å². The molecule has 3 fully saturated rings. The molecule has 3 saturated heterocycles. The van der Waals surface area contributed by atoms with Crippen LogP contribution >= 0.6 is 0 Å². The van der Waals surface area contributed by atoms with Gasteiger partial charge in [0.05, 0.1) is 25.6 Å². The number of carbonyl (C=O) groups excluding carboxylic acids is 2. The van der Waals surface area contributed by atoms with Crippen molar-refractivity contribution in [1.29, 1.82) is 0 Å². The highest BCUT2D eigenvalue weighted by Gasteiger charge is 2.52. The highest BCUT2D eigenvalue weighted by Crippen LogP contribution is 2.45. The van der Waals surface area contributed by atoms with Gasteiger partial charge >= 0.3 is 0 Å². The number of likely N-dealkylation sites (tertiary alicyclic amines) is 1. The molecular formula is C21H28N2O4. The molecule has 27 heavy (non-hydrogen) atoms. The van der Waals surface area contributed by atoms with E-state index < -0.39 is 0 Å². The van der Waals surface area contributed by atoms with Gasteiger partial charge in [-0.3, -0.25) is 9.59 Å². The van der Waals surface area contributed by atoms with Gasteiger partial charge in [0.15, 0.2) is 0 Å². The second-order valence-electron chi connectivity index (χ2n) is 7.90. The average molecular weight is 372 g/mol. The molecule has 3 aliphatic rings. The summed E-state index contributed by atoms with van der Waals surface area (Å²) in [7, 11) is 0. The fourth-order valence-electron chi connectivity index (χ4n) is 4.67. The van der Waals surface area contributed by atoms with E-state index in [1.165, 1.54) is 0 Å². The van der Waals surface area contributed by atoms with Crippen LogP contribution in [0.25, 0.3) is 0 Å². The molecule has 4 rings (SSSR count). The van der Waals surface area contributed by atoms with Crippen LogP contribution in [0.3, 0.4) is 0 Å². The number of morpholine rings is 1. The monoisotopic (exact) mass is 372 g/mol. The number of ether oxygens (including phenoxy) is 2. The van der Waals surface area contributed by atoms with Gasteiger partial charge in [0.1, 0.15) is 0 Å². The van der Waals surface area contributed by atoms with Crippen LogP contribution in [0.15, 0.2) is 30.3 Å². The summed E-state index contributed by atoms with van der Waals surface area (Å²) in [4.78, 5) is 30.1. The Bertz CT molecular complexity index is 666. The number of carbonyl (C=O) groups is 2. The van der Waals surface area contributed by atoms with Crippen molar-refractivity contribution < 1.29 is 19.1 Å². The Hall–Kier alpha value is -1.92. The SMILES string of the molecule is O=C(Cc1ccccc1)N1C[C@H](C(=O)N2CCOCC2)C2(CCOCC2)C1. The highest BCUT2D eigenvalue weighted by molar-refractivity contribution is 5.84. The van der Waals surface area contributed by atoms with E-state index in [4.69, 9.17) is 9.47 Å². The maximum Gasteiger partial charge on any atom is 0.228 e. The molecule has 6 nitrogen and oxygen atoms in total. The number of amides is 2. The molecule has 0 aromatic heterocycles. The Labute approximate surface area is 160 Å². The van der Waals surface area contributed by atoms with Crippen molar-refractivity contribution in [2.24, 2.45) is 11.3 Å². The first-order valence-electron chi connectivity index (χ1n) is 9.94. The second kappa shape index (κ2) is 7.98. The normalized spacial score (nSPS) is 25.0. The smallest absolute Gasteiger partial charge is 0.228 e. The molecule has 6 heteroatoms. The van der Waals surface area contributed by atoms with E-state index in [-0.39, 0.29) is 23.1 Å². The third-order valence-corrected chi connectivity index (χ3v) is 6.31. The summed E-state index contributed by atoms with van der Waals surface area (Å²) >= 11 is 0. The van der Waals surface area contributed by atoms with E-state index in [9.17, 15) is 9.59 Å². The molecule has 3 heterocycles. The summed E-state index contributed by atoms with van der Waals surface area (Å²) in [5.74, 6) is 0.179. The van der Waals surface area contributed by atoms with E-state index in [0.29, 0.717) is 59.0 Å². The standard InChI is InChI=1S/C21H28N2O4/c24-19(14-17-4-2-1-3-5-17)23-15-18(20(25)22-8-12-27-13-9-22)21(16-23)6-10-26-11-7-21/h1-5,18H,6-16H2/t18-/m1/s1. The zero-order valence-corrected chi connectivity index (χ0v) is 15.8. The van der Waals surface area contributed by atoms with Gasteiger partial charge in [0.2, 0.25) is 11.8 Å². The van der Waals surface area contributed by atoms with Crippen molar-refractivity contribution in [1.82, 2.24) is 9.80 Å². The Kier molecular flexibility index (Phi) is 5.45. The van der Waals surface area contributed by atoms with Gasteiger partial charge in [-0.15, -0.1) is 0 Å². The fourth-order valence-corrected chi connectivity index (χ4v) is 4.67. The summed E-state index contributed by atoms with van der Waals surface area (Å²) in [6, 6.07) is 9.83. The Morgan fingerprint density at radius 3 is 2.33 bits per heavy atom. The zero-order valence-electron chi connectivity index (χ0n) is 15.8. The van der Waals surface area contributed by atoms with Gasteiger partial charge in [-0.05, 0) is 18.4 Å². The van der Waals surface area contributed by atoms with Gasteiger partial charge in [-0.1, -0.05) is 30.3 Å². The molecule has 0 bridgehead atoms. The molecule has 1 spiro atoms. The number of benzene rings is 1. The van der Waals surface area contributed by atoms with Crippen molar-refractivity contribution >= 4 is 11.8 Å². The lowest BCUT2D eigenvalue weighted by Gasteiger charge is -2.39. The van der Waals surface area contributed by atoms with Gasteiger partial charge in [0, 0.05) is 44.8 Å². The van der Waals surface area contributed by atoms with Gasteiger partial charge in [-0.2, -0.15) is 0 Å². The van der Waals surface area contributed by atoms with Crippen molar-refractivity contribution in [3.63, 3.8) is 0 Å². The summed E-state index contributed by atoms with van der Waals surface area (Å²) in [6.45, 7) is 5.06. The number of hydrogen-bond donors (Lipinski definition) is 0. The Morgan fingerprint density at radius 2 is 1.63 bits per heavy atom. The molecule has 0 aliphatic carbocycles.